The van der Waals surface area contributed by atoms with E-state index in [-0.39, 0.29) is 0 Å². The molecule has 2 rings (SSSR count). The third-order valence-electron chi connectivity index (χ3n) is 3.61. The van der Waals surface area contributed by atoms with Crippen LogP contribution in [0, 0.1) is 0 Å². The number of anilines is 1. The van der Waals surface area contributed by atoms with E-state index in [9.17, 15) is 0 Å². The van der Waals surface area contributed by atoms with Crippen LogP contribution in [0.5, 0.6) is 0 Å². The number of piperazine rings is 1. The number of nitrogens with zero attached hydrogens (tertiary/aromatic N) is 2. The molecular weight excluding hydrogens is 246 g/mol. The molecule has 0 bridgehead atoms. The van der Waals surface area contributed by atoms with Gasteiger partial charge in [0.15, 0.2) is 0 Å². The molecule has 0 amide bonds. The maximum atomic E-state index is 6.31. The van der Waals surface area contributed by atoms with Crippen molar-refractivity contribution in [2.75, 3.05) is 38.1 Å². The highest BCUT2D eigenvalue weighted by atomic mass is 35.5. The van der Waals surface area contributed by atoms with Gasteiger partial charge >= 0.3 is 0 Å². The van der Waals surface area contributed by atoms with Crippen molar-refractivity contribution in [3.8, 4) is 0 Å². The van der Waals surface area contributed by atoms with Gasteiger partial charge in [0.1, 0.15) is 0 Å². The van der Waals surface area contributed by atoms with Crippen molar-refractivity contribution < 1.29 is 0 Å². The molecule has 1 saturated heterocycles. The van der Waals surface area contributed by atoms with Crippen molar-refractivity contribution in [1.82, 2.24) is 4.90 Å². The number of nitrogens with two attached hydrogens (primary N) is 1. The molecule has 1 atom stereocenters. The van der Waals surface area contributed by atoms with Gasteiger partial charge in [-0.25, -0.2) is 0 Å². The Kier molecular flexibility index (Phi) is 4.49. The summed E-state index contributed by atoms with van der Waals surface area (Å²) in [6, 6.07) is 6.88. The first-order chi connectivity index (χ1) is 8.61. The number of hydrogen-bond donors (Lipinski definition) is 1. The third kappa shape index (κ3) is 2.97. The lowest BCUT2D eigenvalue weighted by Gasteiger charge is -2.40. The van der Waals surface area contributed by atoms with Gasteiger partial charge in [0.25, 0.3) is 0 Å². The lowest BCUT2D eigenvalue weighted by atomic mass is 10.1. The van der Waals surface area contributed by atoms with E-state index in [4.69, 9.17) is 17.3 Å². The van der Waals surface area contributed by atoms with Gasteiger partial charge in [-0.3, -0.25) is 0 Å². The van der Waals surface area contributed by atoms with Crippen molar-refractivity contribution >= 4 is 17.3 Å². The monoisotopic (exact) mass is 267 g/mol. The molecule has 1 unspecified atom stereocenters. The number of hydrogen-bond acceptors (Lipinski definition) is 3. The van der Waals surface area contributed by atoms with Crippen LogP contribution in [-0.2, 0) is 6.42 Å². The van der Waals surface area contributed by atoms with Crippen molar-refractivity contribution in [3.05, 3.63) is 28.8 Å². The largest absolute Gasteiger partial charge is 0.366 e. The summed E-state index contributed by atoms with van der Waals surface area (Å²) in [5.74, 6) is 0. The van der Waals surface area contributed by atoms with Crippen molar-refractivity contribution in [3.63, 3.8) is 0 Å². The van der Waals surface area contributed by atoms with E-state index in [1.165, 1.54) is 5.69 Å². The molecule has 1 aromatic carbocycles. The quantitative estimate of drug-likeness (QED) is 0.909. The molecule has 0 aromatic heterocycles. The minimum Gasteiger partial charge on any atom is -0.366 e. The fourth-order valence-corrected chi connectivity index (χ4v) is 2.87. The molecule has 1 aliphatic rings. The molecule has 0 saturated carbocycles. The van der Waals surface area contributed by atoms with Crippen LogP contribution in [-0.4, -0.2) is 44.2 Å². The van der Waals surface area contributed by atoms with Crippen LogP contribution in [0.3, 0.4) is 0 Å². The molecule has 100 valence electrons. The smallest absolute Gasteiger partial charge is 0.0459 e. The van der Waals surface area contributed by atoms with E-state index in [0.29, 0.717) is 12.6 Å². The van der Waals surface area contributed by atoms with Crippen molar-refractivity contribution in [2.45, 2.75) is 19.4 Å². The molecule has 18 heavy (non-hydrogen) atoms. The Morgan fingerprint density at radius 2 is 2.17 bits per heavy atom. The standard InChI is InChI=1S/C14H22ClN3/c1-11-10-17(2)7-8-18(11)13-4-3-12(5-6-16)14(15)9-13/h3-4,9,11H,5-8,10,16H2,1-2H3. The summed E-state index contributed by atoms with van der Waals surface area (Å²) in [4.78, 5) is 4.80. The highest BCUT2D eigenvalue weighted by molar-refractivity contribution is 6.31. The van der Waals surface area contributed by atoms with Crippen LogP contribution in [0.15, 0.2) is 18.2 Å². The second kappa shape index (κ2) is 5.91. The minimum absolute atomic E-state index is 0.528. The fraction of sp³-hybridized carbons (Fsp3) is 0.571. The minimum atomic E-state index is 0.528. The molecule has 1 aliphatic heterocycles. The maximum Gasteiger partial charge on any atom is 0.0459 e. The van der Waals surface area contributed by atoms with E-state index in [0.717, 1.165) is 36.6 Å². The zero-order chi connectivity index (χ0) is 13.1. The molecule has 0 aliphatic carbocycles. The van der Waals surface area contributed by atoms with Crippen LogP contribution < -0.4 is 10.6 Å². The van der Waals surface area contributed by atoms with Gasteiger partial charge in [-0.1, -0.05) is 17.7 Å². The van der Waals surface area contributed by atoms with Crippen LogP contribution in [0.2, 0.25) is 5.02 Å². The van der Waals surface area contributed by atoms with Crippen LogP contribution in [0.25, 0.3) is 0 Å². The highest BCUT2D eigenvalue weighted by Crippen LogP contribution is 2.26. The molecule has 1 fully saturated rings. The van der Waals surface area contributed by atoms with Crippen molar-refractivity contribution in [1.29, 1.82) is 0 Å². The Morgan fingerprint density at radius 3 is 2.78 bits per heavy atom. The molecule has 0 radical (unpaired) electrons. The first kappa shape index (κ1) is 13.7. The topological polar surface area (TPSA) is 32.5 Å². The van der Waals surface area contributed by atoms with Gasteiger partial charge in [0, 0.05) is 36.4 Å². The van der Waals surface area contributed by atoms with Gasteiger partial charge in [-0.2, -0.15) is 0 Å². The number of rotatable bonds is 3. The average Bonchev–Trinajstić information content (AvgIpc) is 2.32. The summed E-state index contributed by atoms with van der Waals surface area (Å²) in [6.07, 6.45) is 0.845. The van der Waals surface area contributed by atoms with E-state index >= 15 is 0 Å². The summed E-state index contributed by atoms with van der Waals surface area (Å²) < 4.78 is 0. The Labute approximate surface area is 115 Å². The first-order valence-corrected chi connectivity index (χ1v) is 6.93. The Bertz CT molecular complexity index is 408. The summed E-state index contributed by atoms with van der Waals surface area (Å²) >= 11 is 6.31. The van der Waals surface area contributed by atoms with Gasteiger partial charge in [0.05, 0.1) is 0 Å². The van der Waals surface area contributed by atoms with Crippen LogP contribution in [0.1, 0.15) is 12.5 Å². The lowest BCUT2D eigenvalue weighted by molar-refractivity contribution is 0.275. The fourth-order valence-electron chi connectivity index (χ4n) is 2.60. The van der Waals surface area contributed by atoms with Gasteiger partial charge in [0.2, 0.25) is 0 Å². The molecular formula is C14H22ClN3. The number of likely N-dealkylation sites (N-methyl/N-ethyl adjacent to an activating group) is 1. The van der Waals surface area contributed by atoms with E-state index < -0.39 is 0 Å². The SMILES string of the molecule is CC1CN(C)CCN1c1ccc(CCN)c(Cl)c1. The van der Waals surface area contributed by atoms with Crippen LogP contribution >= 0.6 is 11.6 Å². The van der Waals surface area contributed by atoms with Gasteiger partial charge in [-0.05, 0) is 44.6 Å². The Morgan fingerprint density at radius 1 is 1.39 bits per heavy atom. The first-order valence-electron chi connectivity index (χ1n) is 6.55. The molecule has 4 heteroatoms. The number of benzene rings is 1. The molecule has 3 nitrogen and oxygen atoms in total. The molecule has 1 heterocycles. The zero-order valence-corrected chi connectivity index (χ0v) is 12.0. The van der Waals surface area contributed by atoms with E-state index in [1.807, 2.05) is 0 Å². The Balaban J connectivity index is 2.16. The predicted octanol–water partition coefficient (Wildman–Crippen LogP) is 1.98. The Hall–Kier alpha value is -0.770. The lowest BCUT2D eigenvalue weighted by Crippen LogP contribution is -2.50. The zero-order valence-electron chi connectivity index (χ0n) is 11.2. The van der Waals surface area contributed by atoms with Gasteiger partial charge < -0.3 is 15.5 Å². The molecule has 0 spiro atoms. The predicted molar refractivity (Wildman–Crippen MR) is 78.5 cm³/mol. The van der Waals surface area contributed by atoms with Crippen LogP contribution in [0.4, 0.5) is 5.69 Å². The summed E-state index contributed by atoms with van der Waals surface area (Å²) in [5, 5.41) is 0.837. The summed E-state index contributed by atoms with van der Waals surface area (Å²) in [6.45, 7) is 6.17. The van der Waals surface area contributed by atoms with E-state index in [1.54, 1.807) is 0 Å². The molecule has 1 aromatic rings. The molecule has 2 N–H and O–H groups in total. The maximum absolute atomic E-state index is 6.31. The number of halogens is 1. The highest BCUT2D eigenvalue weighted by Gasteiger charge is 2.21. The second-order valence-corrected chi connectivity index (χ2v) is 5.53. The second-order valence-electron chi connectivity index (χ2n) is 5.12. The average molecular weight is 268 g/mol. The van der Waals surface area contributed by atoms with Crippen molar-refractivity contribution in [2.24, 2.45) is 5.73 Å². The summed E-state index contributed by atoms with van der Waals surface area (Å²) in [7, 11) is 2.17. The van der Waals surface area contributed by atoms with E-state index in [2.05, 4.69) is 42.0 Å². The van der Waals surface area contributed by atoms with Gasteiger partial charge in [-0.15, -0.1) is 0 Å². The summed E-state index contributed by atoms with van der Waals surface area (Å²) in [5.41, 5.74) is 7.94. The normalized spacial score (nSPS) is 21.3. The third-order valence-corrected chi connectivity index (χ3v) is 3.96.